The molecule has 1 spiro atoms. The summed E-state index contributed by atoms with van der Waals surface area (Å²) in [5.74, 6) is -0.638. The van der Waals surface area contributed by atoms with Crippen LogP contribution in [0.15, 0.2) is 48.5 Å². The summed E-state index contributed by atoms with van der Waals surface area (Å²) in [6.07, 6.45) is 1.59. The van der Waals surface area contributed by atoms with E-state index in [2.05, 4.69) is 5.32 Å². The van der Waals surface area contributed by atoms with Gasteiger partial charge in [-0.3, -0.25) is 19.3 Å². The van der Waals surface area contributed by atoms with Gasteiger partial charge in [-0.05, 0) is 36.8 Å². The Morgan fingerprint density at radius 2 is 1.71 bits per heavy atom. The third kappa shape index (κ3) is 4.78. The van der Waals surface area contributed by atoms with Gasteiger partial charge in [0.2, 0.25) is 5.91 Å². The molecular weight excluding hydrogens is 477 g/mol. The smallest absolute Gasteiger partial charge is 0.256 e. The van der Waals surface area contributed by atoms with Gasteiger partial charge in [-0.2, -0.15) is 0 Å². The molecule has 2 aromatic carbocycles. The Morgan fingerprint density at radius 3 is 2.35 bits per heavy atom. The summed E-state index contributed by atoms with van der Waals surface area (Å²) in [7, 11) is 0. The second kappa shape index (κ2) is 10.3. The number of halogens is 2. The van der Waals surface area contributed by atoms with Crippen molar-refractivity contribution in [3.05, 3.63) is 69.7 Å². The molecule has 9 heteroatoms. The fourth-order valence-electron chi connectivity index (χ4n) is 4.52. The number of nitrogens with one attached hydrogen (secondary N) is 1. The number of benzene rings is 2. The molecule has 0 radical (unpaired) electrons. The Morgan fingerprint density at radius 1 is 1.00 bits per heavy atom. The van der Waals surface area contributed by atoms with Gasteiger partial charge in [0, 0.05) is 43.6 Å². The molecule has 180 valence electrons. The second-order valence-corrected chi connectivity index (χ2v) is 9.34. The molecular formula is C25H27Cl2N3O4. The van der Waals surface area contributed by atoms with Gasteiger partial charge in [-0.25, -0.2) is 0 Å². The molecule has 34 heavy (non-hydrogen) atoms. The summed E-state index contributed by atoms with van der Waals surface area (Å²) in [5.41, 5.74) is -0.00282. The van der Waals surface area contributed by atoms with Crippen molar-refractivity contribution in [1.29, 1.82) is 0 Å². The number of carbonyl (C=O) groups excluding carboxylic acids is 3. The zero-order valence-corrected chi connectivity index (χ0v) is 20.4. The third-order valence-corrected chi connectivity index (χ3v) is 7.09. The monoisotopic (exact) mass is 503 g/mol. The minimum absolute atomic E-state index is 0.120. The number of piperidine rings is 1. The number of hydrogen-bond acceptors (Lipinski definition) is 4. The Hall–Kier alpha value is -2.61. The van der Waals surface area contributed by atoms with Gasteiger partial charge >= 0.3 is 0 Å². The first-order valence-electron chi connectivity index (χ1n) is 11.4. The first-order chi connectivity index (χ1) is 16.4. The largest absolute Gasteiger partial charge is 0.354 e. The molecule has 2 aliphatic rings. The molecule has 1 atom stereocenters. The molecule has 7 nitrogen and oxygen atoms in total. The Kier molecular flexibility index (Phi) is 7.45. The van der Waals surface area contributed by atoms with Crippen molar-refractivity contribution in [2.75, 3.05) is 26.2 Å². The van der Waals surface area contributed by atoms with Crippen molar-refractivity contribution in [3.8, 4) is 0 Å². The minimum Gasteiger partial charge on any atom is -0.354 e. The molecule has 0 saturated carbocycles. The lowest BCUT2D eigenvalue weighted by Crippen LogP contribution is -2.59. The van der Waals surface area contributed by atoms with E-state index in [1.807, 2.05) is 13.0 Å². The quantitative estimate of drug-likeness (QED) is 0.668. The number of amides is 3. The van der Waals surface area contributed by atoms with Gasteiger partial charge in [-0.1, -0.05) is 48.3 Å². The predicted octanol–water partition coefficient (Wildman–Crippen LogP) is 3.99. The molecule has 2 heterocycles. The van der Waals surface area contributed by atoms with Crippen LogP contribution in [0.2, 0.25) is 10.0 Å². The molecule has 0 aliphatic carbocycles. The van der Waals surface area contributed by atoms with Crippen molar-refractivity contribution in [1.82, 2.24) is 15.1 Å². The van der Waals surface area contributed by atoms with Crippen molar-refractivity contribution in [2.24, 2.45) is 0 Å². The number of likely N-dealkylation sites (tertiary alicyclic amines) is 1. The van der Waals surface area contributed by atoms with Crippen LogP contribution < -0.4 is 5.32 Å². The van der Waals surface area contributed by atoms with Crippen LogP contribution in [0.25, 0.3) is 0 Å². The highest BCUT2D eigenvalue weighted by Gasteiger charge is 2.54. The zero-order chi connectivity index (χ0) is 24.3. The fourth-order valence-corrected chi connectivity index (χ4v) is 4.82. The van der Waals surface area contributed by atoms with Crippen LogP contribution >= 0.6 is 23.2 Å². The Labute approximate surface area is 208 Å². The van der Waals surface area contributed by atoms with E-state index in [-0.39, 0.29) is 24.3 Å². The molecule has 3 amide bonds. The van der Waals surface area contributed by atoms with Crippen LogP contribution in [0.1, 0.15) is 46.9 Å². The average molecular weight is 504 g/mol. The third-order valence-electron chi connectivity index (χ3n) is 6.35. The standard InChI is InChI=1S/C25H27Cl2N3O4/c1-2-12-28-22(31)21-16-34-25(30(21)24(33)17-6-4-3-5-7-17)10-13-29(14-11-25)23(32)18-8-9-19(26)20(27)15-18/h3-9,15,21H,2,10-14,16H2,1H3,(H,28,31)/t21-/m1/s1. The van der Waals surface area contributed by atoms with Gasteiger partial charge in [0.05, 0.1) is 16.7 Å². The van der Waals surface area contributed by atoms with Crippen LogP contribution in [0.5, 0.6) is 0 Å². The second-order valence-electron chi connectivity index (χ2n) is 8.53. The van der Waals surface area contributed by atoms with E-state index in [1.165, 1.54) is 0 Å². The fraction of sp³-hybridized carbons (Fsp3) is 0.400. The summed E-state index contributed by atoms with van der Waals surface area (Å²) < 4.78 is 6.19. The first-order valence-corrected chi connectivity index (χ1v) is 12.2. The molecule has 0 unspecified atom stereocenters. The van der Waals surface area contributed by atoms with Crippen molar-refractivity contribution < 1.29 is 19.1 Å². The summed E-state index contributed by atoms with van der Waals surface area (Å²) in [6, 6.07) is 13.0. The zero-order valence-electron chi connectivity index (χ0n) is 18.9. The maximum absolute atomic E-state index is 13.6. The molecule has 2 fully saturated rings. The number of rotatable bonds is 5. The highest BCUT2D eigenvalue weighted by atomic mass is 35.5. The van der Waals surface area contributed by atoms with Crippen LogP contribution in [0.3, 0.4) is 0 Å². The summed E-state index contributed by atoms with van der Waals surface area (Å²) >= 11 is 12.1. The van der Waals surface area contributed by atoms with E-state index in [0.29, 0.717) is 53.6 Å². The van der Waals surface area contributed by atoms with Gasteiger partial charge in [0.15, 0.2) is 0 Å². The first kappa shape index (κ1) is 24.5. The lowest BCUT2D eigenvalue weighted by molar-refractivity contribution is -0.128. The number of ether oxygens (including phenoxy) is 1. The van der Waals surface area contributed by atoms with Gasteiger partial charge in [0.1, 0.15) is 11.8 Å². The number of hydrogen-bond donors (Lipinski definition) is 1. The molecule has 2 aliphatic heterocycles. The topological polar surface area (TPSA) is 79.0 Å². The van der Waals surface area contributed by atoms with Crippen LogP contribution in [0.4, 0.5) is 0 Å². The number of nitrogens with zero attached hydrogens (tertiary/aromatic N) is 2. The van der Waals surface area contributed by atoms with E-state index < -0.39 is 11.8 Å². The maximum atomic E-state index is 13.6. The summed E-state index contributed by atoms with van der Waals surface area (Å²) in [4.78, 5) is 42.8. The average Bonchev–Trinajstić information content (AvgIpc) is 3.22. The molecule has 0 bridgehead atoms. The highest BCUT2D eigenvalue weighted by Crippen LogP contribution is 2.39. The van der Waals surface area contributed by atoms with Crippen molar-refractivity contribution in [3.63, 3.8) is 0 Å². The van der Waals surface area contributed by atoms with E-state index in [9.17, 15) is 14.4 Å². The van der Waals surface area contributed by atoms with Crippen molar-refractivity contribution >= 4 is 40.9 Å². The highest BCUT2D eigenvalue weighted by molar-refractivity contribution is 6.42. The van der Waals surface area contributed by atoms with E-state index in [0.717, 1.165) is 6.42 Å². The van der Waals surface area contributed by atoms with Gasteiger partial charge in [-0.15, -0.1) is 0 Å². The van der Waals surface area contributed by atoms with E-state index in [1.54, 1.807) is 52.3 Å². The molecule has 2 aromatic rings. The Balaban J connectivity index is 1.55. The molecule has 1 N–H and O–H groups in total. The van der Waals surface area contributed by atoms with E-state index >= 15 is 0 Å². The van der Waals surface area contributed by atoms with E-state index in [4.69, 9.17) is 27.9 Å². The van der Waals surface area contributed by atoms with Crippen LogP contribution in [-0.2, 0) is 9.53 Å². The normalized spacial score (nSPS) is 19.3. The van der Waals surface area contributed by atoms with Gasteiger partial charge in [0.25, 0.3) is 11.8 Å². The Bertz CT molecular complexity index is 1070. The van der Waals surface area contributed by atoms with Crippen molar-refractivity contribution in [2.45, 2.75) is 38.0 Å². The lowest BCUT2D eigenvalue weighted by atomic mass is 9.96. The number of carbonyl (C=O) groups is 3. The molecule has 4 rings (SSSR count). The van der Waals surface area contributed by atoms with Crippen LogP contribution in [-0.4, -0.2) is 65.5 Å². The summed E-state index contributed by atoms with van der Waals surface area (Å²) in [5, 5.41) is 3.60. The van der Waals surface area contributed by atoms with Gasteiger partial charge < -0.3 is 15.0 Å². The SMILES string of the molecule is CCCNC(=O)[C@H]1COC2(CCN(C(=O)c3ccc(Cl)c(Cl)c3)CC2)N1C(=O)c1ccccc1. The molecule has 0 aromatic heterocycles. The summed E-state index contributed by atoms with van der Waals surface area (Å²) in [6.45, 7) is 3.37. The van der Waals surface area contributed by atoms with Crippen LogP contribution in [0, 0.1) is 0 Å². The predicted molar refractivity (Wildman–Crippen MR) is 130 cm³/mol. The lowest BCUT2D eigenvalue weighted by Gasteiger charge is -2.44. The minimum atomic E-state index is -0.949. The molecule has 2 saturated heterocycles. The maximum Gasteiger partial charge on any atom is 0.256 e.